The van der Waals surface area contributed by atoms with Crippen LogP contribution in [0.4, 0.5) is 5.69 Å². The van der Waals surface area contributed by atoms with E-state index in [4.69, 9.17) is 15.2 Å². The van der Waals surface area contributed by atoms with Crippen molar-refractivity contribution in [3.8, 4) is 22.9 Å². The lowest BCUT2D eigenvalue weighted by molar-refractivity contribution is 0.356. The number of rotatable bonds is 3. The Labute approximate surface area is 116 Å². The van der Waals surface area contributed by atoms with E-state index in [1.165, 1.54) is 0 Å². The molecule has 1 heterocycles. The molecule has 3 rings (SSSR count). The SMILES string of the molecule is COc1cccc(-c2nc3ccc(N)cc3[nH]2)c1OC. The van der Waals surface area contributed by atoms with Gasteiger partial charge in [-0.25, -0.2) is 4.98 Å². The molecule has 0 aliphatic heterocycles. The van der Waals surface area contributed by atoms with Gasteiger partial charge in [0.25, 0.3) is 0 Å². The van der Waals surface area contributed by atoms with Crippen LogP contribution in [0.25, 0.3) is 22.4 Å². The standard InChI is InChI=1S/C15H15N3O2/c1-19-13-5-3-4-10(14(13)20-2)15-17-11-7-6-9(16)8-12(11)18-15/h3-8H,16H2,1-2H3,(H,17,18). The third kappa shape index (κ3) is 1.93. The minimum absolute atomic E-state index is 0.655. The second-order valence-corrected chi connectivity index (χ2v) is 4.40. The molecule has 0 fully saturated rings. The molecule has 3 aromatic rings. The summed E-state index contributed by atoms with van der Waals surface area (Å²) in [7, 11) is 3.23. The van der Waals surface area contributed by atoms with Gasteiger partial charge >= 0.3 is 0 Å². The van der Waals surface area contributed by atoms with Gasteiger partial charge in [-0.3, -0.25) is 0 Å². The number of fused-ring (bicyclic) bond motifs is 1. The quantitative estimate of drug-likeness (QED) is 0.717. The molecule has 0 amide bonds. The van der Waals surface area contributed by atoms with Crippen LogP contribution in [0.15, 0.2) is 36.4 Å². The van der Waals surface area contributed by atoms with E-state index in [1.807, 2.05) is 36.4 Å². The zero-order chi connectivity index (χ0) is 14.1. The minimum Gasteiger partial charge on any atom is -0.493 e. The zero-order valence-electron chi connectivity index (χ0n) is 11.3. The van der Waals surface area contributed by atoms with Crippen LogP contribution in [0.5, 0.6) is 11.5 Å². The number of hydrogen-bond donors (Lipinski definition) is 2. The smallest absolute Gasteiger partial charge is 0.171 e. The summed E-state index contributed by atoms with van der Waals surface area (Å²) in [6.07, 6.45) is 0. The lowest BCUT2D eigenvalue weighted by atomic mass is 10.1. The van der Waals surface area contributed by atoms with E-state index in [1.54, 1.807) is 14.2 Å². The second kappa shape index (κ2) is 4.77. The molecule has 0 unspecified atom stereocenters. The molecule has 102 valence electrons. The van der Waals surface area contributed by atoms with Crippen LogP contribution in [-0.4, -0.2) is 24.2 Å². The Hall–Kier alpha value is -2.69. The van der Waals surface area contributed by atoms with Gasteiger partial charge in [0.05, 0.1) is 30.8 Å². The molecule has 0 atom stereocenters. The third-order valence-electron chi connectivity index (χ3n) is 3.16. The van der Waals surface area contributed by atoms with Crippen molar-refractivity contribution < 1.29 is 9.47 Å². The summed E-state index contributed by atoms with van der Waals surface area (Å²) in [5.41, 5.74) is 9.08. The van der Waals surface area contributed by atoms with Crippen LogP contribution in [0.1, 0.15) is 0 Å². The van der Waals surface area contributed by atoms with Crippen molar-refractivity contribution in [1.82, 2.24) is 9.97 Å². The van der Waals surface area contributed by atoms with Crippen molar-refractivity contribution in [2.75, 3.05) is 20.0 Å². The summed E-state index contributed by atoms with van der Waals surface area (Å²) in [5.74, 6) is 2.05. The van der Waals surface area contributed by atoms with E-state index >= 15 is 0 Å². The summed E-state index contributed by atoms with van der Waals surface area (Å²) >= 11 is 0. The lowest BCUT2D eigenvalue weighted by Gasteiger charge is -2.10. The minimum atomic E-state index is 0.655. The topological polar surface area (TPSA) is 73.2 Å². The van der Waals surface area contributed by atoms with E-state index in [9.17, 15) is 0 Å². The largest absolute Gasteiger partial charge is 0.493 e. The number of benzene rings is 2. The summed E-state index contributed by atoms with van der Waals surface area (Å²) in [6.45, 7) is 0. The first-order chi connectivity index (χ1) is 9.72. The number of nitrogens with one attached hydrogen (secondary N) is 1. The van der Waals surface area contributed by atoms with Crippen molar-refractivity contribution in [1.29, 1.82) is 0 Å². The van der Waals surface area contributed by atoms with Gasteiger partial charge in [-0.1, -0.05) is 6.07 Å². The molecular formula is C15H15N3O2. The second-order valence-electron chi connectivity index (χ2n) is 4.40. The van der Waals surface area contributed by atoms with Crippen LogP contribution in [0, 0.1) is 0 Å². The summed E-state index contributed by atoms with van der Waals surface area (Å²) in [5, 5.41) is 0. The van der Waals surface area contributed by atoms with E-state index in [0.29, 0.717) is 17.2 Å². The van der Waals surface area contributed by atoms with Crippen molar-refractivity contribution in [2.45, 2.75) is 0 Å². The summed E-state index contributed by atoms with van der Waals surface area (Å²) in [6, 6.07) is 11.3. The molecular weight excluding hydrogens is 254 g/mol. The molecule has 0 saturated heterocycles. The number of methoxy groups -OCH3 is 2. The maximum atomic E-state index is 5.78. The fourth-order valence-electron chi connectivity index (χ4n) is 2.23. The number of nitrogen functional groups attached to an aromatic ring is 1. The number of para-hydroxylation sites is 1. The molecule has 0 aliphatic carbocycles. The maximum absolute atomic E-state index is 5.78. The fourth-order valence-corrected chi connectivity index (χ4v) is 2.23. The molecule has 5 heteroatoms. The van der Waals surface area contributed by atoms with Gasteiger partial charge in [0.1, 0.15) is 5.82 Å². The Balaban J connectivity index is 2.20. The first-order valence-electron chi connectivity index (χ1n) is 6.19. The predicted molar refractivity (Wildman–Crippen MR) is 79.0 cm³/mol. The Morgan fingerprint density at radius 1 is 1.10 bits per heavy atom. The first-order valence-corrected chi connectivity index (χ1v) is 6.19. The molecule has 0 radical (unpaired) electrons. The zero-order valence-corrected chi connectivity index (χ0v) is 11.3. The molecule has 2 aromatic carbocycles. The van der Waals surface area contributed by atoms with Crippen molar-refractivity contribution in [3.05, 3.63) is 36.4 Å². The first kappa shape index (κ1) is 12.3. The fraction of sp³-hybridized carbons (Fsp3) is 0.133. The Bertz CT molecular complexity index is 765. The molecule has 3 N–H and O–H groups in total. The Kier molecular flexibility index (Phi) is 2.95. The molecule has 5 nitrogen and oxygen atoms in total. The molecule has 1 aromatic heterocycles. The highest BCUT2D eigenvalue weighted by molar-refractivity contribution is 5.83. The van der Waals surface area contributed by atoms with Crippen molar-refractivity contribution >= 4 is 16.7 Å². The number of anilines is 1. The van der Waals surface area contributed by atoms with Gasteiger partial charge in [0.15, 0.2) is 11.5 Å². The van der Waals surface area contributed by atoms with Crippen LogP contribution in [0.2, 0.25) is 0 Å². The van der Waals surface area contributed by atoms with Gasteiger partial charge in [0, 0.05) is 5.69 Å². The van der Waals surface area contributed by atoms with Gasteiger partial charge < -0.3 is 20.2 Å². The van der Waals surface area contributed by atoms with Crippen LogP contribution >= 0.6 is 0 Å². The number of hydrogen-bond acceptors (Lipinski definition) is 4. The maximum Gasteiger partial charge on any atom is 0.171 e. The molecule has 0 aliphatic rings. The number of nitrogens with two attached hydrogens (primary N) is 1. The average molecular weight is 269 g/mol. The molecule has 20 heavy (non-hydrogen) atoms. The Morgan fingerprint density at radius 2 is 1.95 bits per heavy atom. The number of aromatic nitrogens is 2. The van der Waals surface area contributed by atoms with Crippen LogP contribution in [0.3, 0.4) is 0 Å². The molecule has 0 spiro atoms. The van der Waals surface area contributed by atoms with E-state index in [-0.39, 0.29) is 0 Å². The molecule has 0 bridgehead atoms. The highest BCUT2D eigenvalue weighted by atomic mass is 16.5. The number of ether oxygens (including phenoxy) is 2. The van der Waals surface area contributed by atoms with E-state index in [0.717, 1.165) is 22.4 Å². The molecule has 0 saturated carbocycles. The number of H-pyrrole nitrogens is 1. The van der Waals surface area contributed by atoms with E-state index < -0.39 is 0 Å². The summed E-state index contributed by atoms with van der Waals surface area (Å²) < 4.78 is 10.7. The van der Waals surface area contributed by atoms with Crippen molar-refractivity contribution in [3.63, 3.8) is 0 Å². The van der Waals surface area contributed by atoms with Gasteiger partial charge in [-0.2, -0.15) is 0 Å². The van der Waals surface area contributed by atoms with Crippen LogP contribution < -0.4 is 15.2 Å². The van der Waals surface area contributed by atoms with E-state index in [2.05, 4.69) is 9.97 Å². The normalized spacial score (nSPS) is 10.7. The third-order valence-corrected chi connectivity index (χ3v) is 3.16. The summed E-state index contributed by atoms with van der Waals surface area (Å²) in [4.78, 5) is 7.81. The predicted octanol–water partition coefficient (Wildman–Crippen LogP) is 2.83. The van der Waals surface area contributed by atoms with Crippen LogP contribution in [-0.2, 0) is 0 Å². The lowest BCUT2D eigenvalue weighted by Crippen LogP contribution is -1.93. The van der Waals surface area contributed by atoms with Gasteiger partial charge in [-0.05, 0) is 30.3 Å². The van der Waals surface area contributed by atoms with Gasteiger partial charge in [0.2, 0.25) is 0 Å². The Morgan fingerprint density at radius 3 is 2.70 bits per heavy atom. The highest BCUT2D eigenvalue weighted by Crippen LogP contribution is 2.37. The van der Waals surface area contributed by atoms with Crippen molar-refractivity contribution in [2.24, 2.45) is 0 Å². The number of imidazole rings is 1. The number of nitrogens with zero attached hydrogens (tertiary/aromatic N) is 1. The monoisotopic (exact) mass is 269 g/mol. The average Bonchev–Trinajstić information content (AvgIpc) is 2.88. The highest BCUT2D eigenvalue weighted by Gasteiger charge is 2.14. The number of aromatic amines is 1. The van der Waals surface area contributed by atoms with Gasteiger partial charge in [-0.15, -0.1) is 0 Å².